The van der Waals surface area contributed by atoms with Gasteiger partial charge in [0.1, 0.15) is 0 Å². The SMILES string of the molecule is CCCCC(CC)C(N)c1cc(C)c(Cl)cc1C. The van der Waals surface area contributed by atoms with Gasteiger partial charge in [-0.3, -0.25) is 0 Å². The average molecular weight is 268 g/mol. The van der Waals surface area contributed by atoms with Crippen LogP contribution < -0.4 is 5.73 Å². The molecule has 1 aromatic carbocycles. The number of hydrogen-bond donors (Lipinski definition) is 1. The van der Waals surface area contributed by atoms with Crippen molar-refractivity contribution in [3.63, 3.8) is 0 Å². The lowest BCUT2D eigenvalue weighted by molar-refractivity contribution is 0.377. The zero-order chi connectivity index (χ0) is 13.7. The maximum Gasteiger partial charge on any atom is 0.0438 e. The lowest BCUT2D eigenvalue weighted by Crippen LogP contribution is -2.22. The molecular weight excluding hydrogens is 242 g/mol. The maximum atomic E-state index is 6.47. The van der Waals surface area contributed by atoms with Gasteiger partial charge in [0, 0.05) is 11.1 Å². The molecule has 0 aliphatic rings. The lowest BCUT2D eigenvalue weighted by atomic mass is 9.85. The summed E-state index contributed by atoms with van der Waals surface area (Å²) in [6, 6.07) is 4.34. The van der Waals surface area contributed by atoms with Gasteiger partial charge in [-0.2, -0.15) is 0 Å². The van der Waals surface area contributed by atoms with E-state index in [4.69, 9.17) is 17.3 Å². The second kappa shape index (κ2) is 7.16. The first-order chi connectivity index (χ1) is 8.51. The van der Waals surface area contributed by atoms with Crippen LogP contribution in [0.25, 0.3) is 0 Å². The van der Waals surface area contributed by atoms with Crippen molar-refractivity contribution < 1.29 is 0 Å². The Hall–Kier alpha value is -0.530. The second-order valence-electron chi connectivity index (χ2n) is 5.29. The van der Waals surface area contributed by atoms with Gasteiger partial charge in [-0.15, -0.1) is 0 Å². The number of nitrogens with two attached hydrogens (primary N) is 1. The van der Waals surface area contributed by atoms with Gasteiger partial charge in [-0.25, -0.2) is 0 Å². The third-order valence-electron chi connectivity index (χ3n) is 3.87. The van der Waals surface area contributed by atoms with Crippen molar-refractivity contribution in [2.45, 2.75) is 59.4 Å². The van der Waals surface area contributed by atoms with E-state index in [1.165, 1.54) is 30.4 Å². The molecular formula is C16H26ClN. The minimum atomic E-state index is 0.137. The van der Waals surface area contributed by atoms with E-state index in [-0.39, 0.29) is 6.04 Å². The number of benzene rings is 1. The van der Waals surface area contributed by atoms with Gasteiger partial charge in [0.05, 0.1) is 0 Å². The first-order valence-electron chi connectivity index (χ1n) is 7.03. The summed E-state index contributed by atoms with van der Waals surface area (Å²) in [6.07, 6.45) is 4.86. The molecule has 2 atom stereocenters. The molecule has 0 amide bonds. The summed E-state index contributed by atoms with van der Waals surface area (Å²) < 4.78 is 0. The van der Waals surface area contributed by atoms with E-state index in [1.54, 1.807) is 0 Å². The predicted octanol–water partition coefficient (Wildman–Crippen LogP) is 5.17. The number of halogens is 1. The summed E-state index contributed by atoms with van der Waals surface area (Å²) in [5.74, 6) is 0.573. The Bertz CT molecular complexity index is 387. The third-order valence-corrected chi connectivity index (χ3v) is 4.27. The van der Waals surface area contributed by atoms with Crippen LogP contribution >= 0.6 is 11.6 Å². The van der Waals surface area contributed by atoms with E-state index in [1.807, 2.05) is 13.0 Å². The second-order valence-corrected chi connectivity index (χ2v) is 5.70. The molecule has 0 spiro atoms. The molecule has 2 N–H and O–H groups in total. The quantitative estimate of drug-likeness (QED) is 0.756. The third kappa shape index (κ3) is 3.73. The van der Waals surface area contributed by atoms with Crippen molar-refractivity contribution in [3.8, 4) is 0 Å². The van der Waals surface area contributed by atoms with E-state index in [0.29, 0.717) is 5.92 Å². The summed E-state index contributed by atoms with van der Waals surface area (Å²) in [5, 5.41) is 0.838. The highest BCUT2D eigenvalue weighted by molar-refractivity contribution is 6.31. The van der Waals surface area contributed by atoms with Gasteiger partial charge < -0.3 is 5.73 Å². The lowest BCUT2D eigenvalue weighted by Gasteiger charge is -2.25. The highest BCUT2D eigenvalue weighted by Crippen LogP contribution is 2.31. The fourth-order valence-corrected chi connectivity index (χ4v) is 2.74. The zero-order valence-corrected chi connectivity index (χ0v) is 12.8. The molecule has 0 saturated heterocycles. The van der Waals surface area contributed by atoms with E-state index in [9.17, 15) is 0 Å². The van der Waals surface area contributed by atoms with Crippen molar-refractivity contribution in [2.24, 2.45) is 11.7 Å². The Morgan fingerprint density at radius 2 is 1.83 bits per heavy atom. The number of hydrogen-bond acceptors (Lipinski definition) is 1. The van der Waals surface area contributed by atoms with Crippen LogP contribution in [0.15, 0.2) is 12.1 Å². The van der Waals surface area contributed by atoms with Crippen LogP contribution in [0.3, 0.4) is 0 Å². The summed E-state index contributed by atoms with van der Waals surface area (Å²) >= 11 is 6.15. The maximum absolute atomic E-state index is 6.47. The Morgan fingerprint density at radius 3 is 2.39 bits per heavy atom. The Morgan fingerprint density at radius 1 is 1.17 bits per heavy atom. The Kier molecular flexibility index (Phi) is 6.17. The first kappa shape index (κ1) is 15.5. The topological polar surface area (TPSA) is 26.0 Å². The molecule has 0 aliphatic carbocycles. The van der Waals surface area contributed by atoms with Crippen molar-refractivity contribution in [1.82, 2.24) is 0 Å². The van der Waals surface area contributed by atoms with E-state index >= 15 is 0 Å². The molecule has 2 heteroatoms. The van der Waals surface area contributed by atoms with E-state index in [0.717, 1.165) is 17.0 Å². The molecule has 0 aliphatic heterocycles. The predicted molar refractivity (Wildman–Crippen MR) is 81.2 cm³/mol. The van der Waals surface area contributed by atoms with Crippen molar-refractivity contribution >= 4 is 11.6 Å². The van der Waals surface area contributed by atoms with Gasteiger partial charge in [0.2, 0.25) is 0 Å². The van der Waals surface area contributed by atoms with Crippen LogP contribution in [0.4, 0.5) is 0 Å². The molecule has 2 unspecified atom stereocenters. The fraction of sp³-hybridized carbons (Fsp3) is 0.625. The standard InChI is InChI=1S/C16H26ClN/c1-5-7-8-13(6-2)16(18)14-9-12(4)15(17)10-11(14)3/h9-10,13,16H,5-8,18H2,1-4H3. The van der Waals surface area contributed by atoms with Gasteiger partial charge in [0.25, 0.3) is 0 Å². The fourth-order valence-electron chi connectivity index (χ4n) is 2.52. The van der Waals surface area contributed by atoms with Crippen LogP contribution in [0.1, 0.15) is 62.3 Å². The van der Waals surface area contributed by atoms with Gasteiger partial charge in [-0.05, 0) is 48.9 Å². The molecule has 0 saturated carbocycles. The Labute approximate surface area is 117 Å². The Balaban J connectivity index is 2.94. The molecule has 0 aromatic heterocycles. The van der Waals surface area contributed by atoms with E-state index < -0.39 is 0 Å². The van der Waals surface area contributed by atoms with E-state index in [2.05, 4.69) is 26.8 Å². The van der Waals surface area contributed by atoms with Crippen LogP contribution in [0.2, 0.25) is 5.02 Å². The zero-order valence-electron chi connectivity index (χ0n) is 12.1. The molecule has 18 heavy (non-hydrogen) atoms. The summed E-state index contributed by atoms with van der Waals surface area (Å²) in [6.45, 7) is 8.62. The smallest absolute Gasteiger partial charge is 0.0438 e. The summed E-state index contributed by atoms with van der Waals surface area (Å²) in [7, 11) is 0. The van der Waals surface area contributed by atoms with Crippen molar-refractivity contribution in [1.29, 1.82) is 0 Å². The highest BCUT2D eigenvalue weighted by atomic mass is 35.5. The molecule has 1 nitrogen and oxygen atoms in total. The minimum absolute atomic E-state index is 0.137. The van der Waals surface area contributed by atoms with Crippen molar-refractivity contribution in [2.75, 3.05) is 0 Å². The largest absolute Gasteiger partial charge is 0.324 e. The summed E-state index contributed by atoms with van der Waals surface area (Å²) in [4.78, 5) is 0. The van der Waals surface area contributed by atoms with Crippen LogP contribution in [-0.2, 0) is 0 Å². The minimum Gasteiger partial charge on any atom is -0.324 e. The van der Waals surface area contributed by atoms with Crippen LogP contribution in [0.5, 0.6) is 0 Å². The number of rotatable bonds is 6. The van der Waals surface area contributed by atoms with Gasteiger partial charge >= 0.3 is 0 Å². The van der Waals surface area contributed by atoms with Crippen LogP contribution in [-0.4, -0.2) is 0 Å². The molecule has 0 bridgehead atoms. The average Bonchev–Trinajstić information content (AvgIpc) is 2.34. The summed E-state index contributed by atoms with van der Waals surface area (Å²) in [5.41, 5.74) is 10.1. The molecule has 102 valence electrons. The molecule has 1 rings (SSSR count). The monoisotopic (exact) mass is 267 g/mol. The first-order valence-corrected chi connectivity index (χ1v) is 7.41. The normalized spacial score (nSPS) is 14.6. The molecule has 0 heterocycles. The van der Waals surface area contributed by atoms with Gasteiger partial charge in [0.15, 0.2) is 0 Å². The molecule has 1 aromatic rings. The molecule has 0 radical (unpaired) electrons. The van der Waals surface area contributed by atoms with Crippen molar-refractivity contribution in [3.05, 3.63) is 33.8 Å². The molecule has 0 fully saturated rings. The number of aryl methyl sites for hydroxylation is 2. The number of unbranched alkanes of at least 4 members (excludes halogenated alkanes) is 1. The van der Waals surface area contributed by atoms with Gasteiger partial charge in [-0.1, -0.05) is 50.8 Å². The van der Waals surface area contributed by atoms with Crippen LogP contribution in [0, 0.1) is 19.8 Å². The highest BCUT2D eigenvalue weighted by Gasteiger charge is 2.19.